The van der Waals surface area contributed by atoms with Crippen molar-refractivity contribution in [1.82, 2.24) is 4.90 Å². The Labute approximate surface area is 162 Å². The third kappa shape index (κ3) is 5.11. The van der Waals surface area contributed by atoms with E-state index in [9.17, 15) is 31.2 Å². The Balaban J connectivity index is 0.00000204. The normalized spacial score (nSPS) is 16.9. The van der Waals surface area contributed by atoms with Gasteiger partial charge in [-0.15, -0.1) is 0 Å². The highest BCUT2D eigenvalue weighted by molar-refractivity contribution is 7.95. The van der Waals surface area contributed by atoms with Crippen LogP contribution in [-0.4, -0.2) is 48.1 Å². The second-order valence-electron chi connectivity index (χ2n) is 5.40. The number of aliphatic carboxylic acids is 1. The van der Waals surface area contributed by atoms with Crippen LogP contribution < -0.4 is 17.4 Å². The van der Waals surface area contributed by atoms with Crippen molar-refractivity contribution in [3.05, 3.63) is 52.7 Å². The van der Waals surface area contributed by atoms with E-state index in [-0.39, 0.29) is 0 Å². The molecule has 1 heterocycles. The lowest BCUT2D eigenvalue weighted by Crippen LogP contribution is -2.48. The fourth-order valence-electron chi connectivity index (χ4n) is 2.32. The van der Waals surface area contributed by atoms with Crippen LogP contribution in [0.5, 0.6) is 0 Å². The van der Waals surface area contributed by atoms with Crippen molar-refractivity contribution in [3.63, 3.8) is 0 Å². The monoisotopic (exact) mass is 438 g/mol. The lowest BCUT2D eigenvalue weighted by molar-refractivity contribution is -0.147. The molecule has 29 heavy (non-hydrogen) atoms. The number of benzene rings is 1. The topological polar surface area (TPSA) is 190 Å². The molecule has 0 bridgehead atoms. The first-order valence-corrected chi connectivity index (χ1v) is 8.97. The standard InChI is InChI=1S/C15H13F3N2O6S.H4N2/c16-15(17,18)8-1-3-9(4-2-8)27(25,26)10-5-11(19)13(14(23)24)20(6-10)12(22)7-21;1-2/h1-6,13,21H,7,19H2,(H,23,24);1-2H2. The summed E-state index contributed by atoms with van der Waals surface area (Å²) < 4.78 is 63.1. The van der Waals surface area contributed by atoms with Crippen LogP contribution in [-0.2, 0) is 25.6 Å². The lowest BCUT2D eigenvalue weighted by atomic mass is 10.1. The Bertz CT molecular complexity index is 942. The van der Waals surface area contributed by atoms with Crippen molar-refractivity contribution in [2.45, 2.75) is 17.1 Å². The number of sulfone groups is 1. The van der Waals surface area contributed by atoms with Gasteiger partial charge in [0.2, 0.25) is 9.84 Å². The molecule has 1 aromatic rings. The first-order chi connectivity index (χ1) is 13.4. The van der Waals surface area contributed by atoms with Crippen LogP contribution in [0.2, 0.25) is 0 Å². The lowest BCUT2D eigenvalue weighted by Gasteiger charge is -2.29. The molecule has 1 atom stereocenters. The molecule has 0 saturated carbocycles. The van der Waals surface area contributed by atoms with Crippen molar-refractivity contribution in [2.75, 3.05) is 6.61 Å². The summed E-state index contributed by atoms with van der Waals surface area (Å²) in [6.07, 6.45) is -3.19. The average molecular weight is 438 g/mol. The van der Waals surface area contributed by atoms with Crippen LogP contribution in [0.15, 0.2) is 52.0 Å². The molecule has 2 rings (SSSR count). The smallest absolute Gasteiger partial charge is 0.416 e. The van der Waals surface area contributed by atoms with E-state index in [0.29, 0.717) is 23.2 Å². The van der Waals surface area contributed by atoms with Gasteiger partial charge in [0, 0.05) is 11.9 Å². The summed E-state index contributed by atoms with van der Waals surface area (Å²) in [6.45, 7) is -1.11. The summed E-state index contributed by atoms with van der Waals surface area (Å²) in [7, 11) is -4.41. The van der Waals surface area contributed by atoms with E-state index < -0.39 is 61.6 Å². The Kier molecular flexibility index (Phi) is 7.51. The second-order valence-corrected chi connectivity index (χ2v) is 7.35. The van der Waals surface area contributed by atoms with Crippen molar-refractivity contribution >= 4 is 21.7 Å². The van der Waals surface area contributed by atoms with Gasteiger partial charge >= 0.3 is 12.1 Å². The van der Waals surface area contributed by atoms with Gasteiger partial charge in [0.15, 0.2) is 6.04 Å². The molecule has 0 aliphatic carbocycles. The van der Waals surface area contributed by atoms with E-state index in [0.717, 1.165) is 18.2 Å². The molecule has 1 aliphatic rings. The fourth-order valence-corrected chi connectivity index (χ4v) is 3.63. The van der Waals surface area contributed by atoms with E-state index in [1.54, 1.807) is 0 Å². The van der Waals surface area contributed by atoms with Gasteiger partial charge in [0.25, 0.3) is 5.91 Å². The number of carboxylic acid groups (broad SMARTS) is 1. The van der Waals surface area contributed by atoms with Gasteiger partial charge in [-0.05, 0) is 30.3 Å². The predicted molar refractivity (Wildman–Crippen MR) is 92.7 cm³/mol. The summed E-state index contributed by atoms with van der Waals surface area (Å²) in [4.78, 5) is 22.3. The number of alkyl halides is 3. The molecular formula is C15H17F3N4O6S. The summed E-state index contributed by atoms with van der Waals surface area (Å²) in [5.41, 5.74) is 4.00. The van der Waals surface area contributed by atoms with Gasteiger partial charge in [-0.2, -0.15) is 13.2 Å². The fraction of sp³-hybridized carbons (Fsp3) is 0.200. The molecule has 1 aliphatic heterocycles. The number of nitrogens with two attached hydrogens (primary N) is 3. The minimum atomic E-state index is -4.66. The Morgan fingerprint density at radius 1 is 1.14 bits per heavy atom. The maximum atomic E-state index is 12.6. The number of allylic oxidation sites excluding steroid dienone is 1. The summed E-state index contributed by atoms with van der Waals surface area (Å²) >= 11 is 0. The van der Waals surface area contributed by atoms with Gasteiger partial charge in [-0.1, -0.05) is 0 Å². The van der Waals surface area contributed by atoms with E-state index in [1.165, 1.54) is 0 Å². The maximum Gasteiger partial charge on any atom is 0.416 e. The number of halogens is 3. The molecule has 0 saturated heterocycles. The highest BCUT2D eigenvalue weighted by atomic mass is 32.2. The molecule has 10 nitrogen and oxygen atoms in total. The van der Waals surface area contributed by atoms with Gasteiger partial charge in [0.1, 0.15) is 6.61 Å². The molecular weight excluding hydrogens is 421 g/mol. The van der Waals surface area contributed by atoms with Crippen molar-refractivity contribution in [2.24, 2.45) is 17.4 Å². The van der Waals surface area contributed by atoms with E-state index >= 15 is 0 Å². The number of carboxylic acids is 1. The van der Waals surface area contributed by atoms with Crippen LogP contribution in [0.4, 0.5) is 13.2 Å². The number of rotatable bonds is 4. The molecule has 0 fully saturated rings. The highest BCUT2D eigenvalue weighted by Crippen LogP contribution is 2.32. The Morgan fingerprint density at radius 3 is 2.07 bits per heavy atom. The van der Waals surface area contributed by atoms with Crippen molar-refractivity contribution < 1.29 is 41.4 Å². The highest BCUT2D eigenvalue weighted by Gasteiger charge is 2.36. The number of carbonyl (C=O) groups excluding carboxylic acids is 1. The zero-order chi connectivity index (χ0) is 22.6. The molecule has 0 aromatic heterocycles. The third-order valence-electron chi connectivity index (χ3n) is 3.63. The number of hydrogen-bond donors (Lipinski definition) is 5. The van der Waals surface area contributed by atoms with Gasteiger partial charge in [-0.3, -0.25) is 21.4 Å². The number of nitrogens with zero attached hydrogens (tertiary/aromatic N) is 1. The Hall–Kier alpha value is -2.94. The largest absolute Gasteiger partial charge is 0.479 e. The molecule has 1 amide bonds. The van der Waals surface area contributed by atoms with Crippen molar-refractivity contribution in [3.8, 4) is 0 Å². The molecule has 160 valence electrons. The zero-order valence-corrected chi connectivity index (χ0v) is 15.3. The molecule has 1 aromatic carbocycles. The number of aliphatic hydroxyl groups excluding tert-OH is 1. The van der Waals surface area contributed by atoms with Crippen molar-refractivity contribution in [1.29, 1.82) is 0 Å². The number of aliphatic hydroxyl groups is 1. The van der Waals surface area contributed by atoms with Gasteiger partial charge < -0.3 is 15.9 Å². The summed E-state index contributed by atoms with van der Waals surface area (Å²) in [5.74, 6) is 5.31. The minimum absolute atomic E-state index is 0.439. The number of amides is 1. The van der Waals surface area contributed by atoms with Crippen LogP contribution in [0.25, 0.3) is 0 Å². The minimum Gasteiger partial charge on any atom is -0.479 e. The average Bonchev–Trinajstić information content (AvgIpc) is 2.67. The Morgan fingerprint density at radius 2 is 1.66 bits per heavy atom. The van der Waals surface area contributed by atoms with Gasteiger partial charge in [-0.25, -0.2) is 13.2 Å². The SMILES string of the molecule is NC1=CC(S(=O)(=O)c2ccc(C(F)(F)F)cc2)=CN(C(=O)CO)C1C(=O)O.NN. The summed E-state index contributed by atoms with van der Waals surface area (Å²) in [6, 6.07) is 0.867. The number of hydrogen-bond acceptors (Lipinski definition) is 8. The first kappa shape index (κ1) is 24.1. The number of carbonyl (C=O) groups is 2. The quantitative estimate of drug-likeness (QED) is 0.298. The predicted octanol–water partition coefficient (Wildman–Crippen LogP) is -0.730. The van der Waals surface area contributed by atoms with Crippen LogP contribution in [0.3, 0.4) is 0 Å². The first-order valence-electron chi connectivity index (χ1n) is 7.49. The van der Waals surface area contributed by atoms with Crippen LogP contribution >= 0.6 is 0 Å². The van der Waals surface area contributed by atoms with E-state index in [4.69, 9.17) is 15.9 Å². The maximum absolute atomic E-state index is 12.6. The molecule has 0 radical (unpaired) electrons. The van der Waals surface area contributed by atoms with Crippen LogP contribution in [0, 0.1) is 0 Å². The van der Waals surface area contributed by atoms with E-state index in [1.807, 2.05) is 0 Å². The third-order valence-corrected chi connectivity index (χ3v) is 5.37. The second kappa shape index (κ2) is 9.04. The molecule has 8 N–H and O–H groups in total. The van der Waals surface area contributed by atoms with E-state index in [2.05, 4.69) is 11.7 Å². The van der Waals surface area contributed by atoms with Gasteiger partial charge in [0.05, 0.1) is 15.4 Å². The van der Waals surface area contributed by atoms with Crippen LogP contribution in [0.1, 0.15) is 5.56 Å². The molecule has 0 spiro atoms. The molecule has 1 unspecified atom stereocenters. The zero-order valence-electron chi connectivity index (χ0n) is 14.5. The molecule has 14 heteroatoms. The summed E-state index contributed by atoms with van der Waals surface area (Å²) in [5, 5.41) is 18.1. The number of hydrazine groups is 1.